The number of alkyl halides is 2. The summed E-state index contributed by atoms with van der Waals surface area (Å²) < 4.78 is 53.1. The fourth-order valence-corrected chi connectivity index (χ4v) is 5.14. The van der Waals surface area contributed by atoms with Crippen LogP contribution in [0, 0.1) is 17.6 Å². The Kier molecular flexibility index (Phi) is 13.2. The monoisotopic (exact) mass is 512 g/mol. The molecule has 1 N–H and O–H groups in total. The second-order valence-corrected chi connectivity index (χ2v) is 10.1. The molecule has 0 atom stereocenters. The van der Waals surface area contributed by atoms with Crippen LogP contribution in [0.25, 0.3) is 0 Å². The van der Waals surface area contributed by atoms with Gasteiger partial charge in [0, 0.05) is 0 Å². The molecular formula is C28H36F4O2S. The van der Waals surface area contributed by atoms with Gasteiger partial charge in [-0.25, -0.2) is 13.6 Å². The predicted octanol–water partition coefficient (Wildman–Crippen LogP) is 9.69. The van der Waals surface area contributed by atoms with Gasteiger partial charge in [-0.05, 0) is 61.3 Å². The third kappa shape index (κ3) is 10.2. The Bertz CT molecular complexity index is 884. The first-order chi connectivity index (χ1) is 16.8. The zero-order valence-electron chi connectivity index (χ0n) is 20.3. The van der Waals surface area contributed by atoms with Crippen LogP contribution in [0.5, 0.6) is 0 Å². The van der Waals surface area contributed by atoms with E-state index in [2.05, 4.69) is 6.92 Å². The molecule has 2 aromatic rings. The van der Waals surface area contributed by atoms with Crippen LogP contribution in [0.15, 0.2) is 47.4 Å². The van der Waals surface area contributed by atoms with Crippen LogP contribution in [0.3, 0.4) is 0 Å². The highest BCUT2D eigenvalue weighted by atomic mass is 32.2. The maximum Gasteiger partial charge on any atom is 0.335 e. The Morgan fingerprint density at radius 3 is 2.11 bits per heavy atom. The summed E-state index contributed by atoms with van der Waals surface area (Å²) in [6.07, 6.45) is 12.8. The summed E-state index contributed by atoms with van der Waals surface area (Å²) in [4.78, 5) is 9.89. The van der Waals surface area contributed by atoms with Crippen LogP contribution in [-0.2, 0) is 0 Å². The van der Waals surface area contributed by atoms with Crippen molar-refractivity contribution in [3.05, 3.63) is 65.2 Å². The molecule has 0 spiro atoms. The smallest absolute Gasteiger partial charge is 0.335 e. The number of rotatable bonds is 11. The lowest BCUT2D eigenvalue weighted by Gasteiger charge is -2.29. The molecule has 1 fully saturated rings. The minimum absolute atomic E-state index is 0.0101. The van der Waals surface area contributed by atoms with Crippen molar-refractivity contribution in [2.24, 2.45) is 5.92 Å². The van der Waals surface area contributed by atoms with Crippen molar-refractivity contribution in [2.75, 3.05) is 0 Å². The van der Waals surface area contributed by atoms with Gasteiger partial charge in [0.2, 0.25) is 0 Å². The molecule has 0 radical (unpaired) electrons. The summed E-state index contributed by atoms with van der Waals surface area (Å²) in [5.41, 5.74) is 0.691. The van der Waals surface area contributed by atoms with E-state index in [0.717, 1.165) is 25.7 Å². The Balaban J connectivity index is 0.000000402. The first-order valence-corrected chi connectivity index (χ1v) is 13.4. The van der Waals surface area contributed by atoms with Gasteiger partial charge in [-0.2, -0.15) is 8.78 Å². The van der Waals surface area contributed by atoms with Gasteiger partial charge in [-0.1, -0.05) is 87.9 Å². The molecule has 1 aliphatic rings. The molecule has 1 aliphatic carbocycles. The SMILES string of the molecule is CCCCCCCC[C@H]1CC[C@H](c2ccc(SC(F)F)c(F)c2F)CC1.O=C(O)c1ccccc1. The van der Waals surface area contributed by atoms with Gasteiger partial charge in [0.25, 0.3) is 5.76 Å². The number of halogens is 4. The number of carbonyl (C=O) groups is 1. The molecule has 0 saturated heterocycles. The minimum atomic E-state index is -2.74. The number of carboxylic acids is 1. The summed E-state index contributed by atoms with van der Waals surface area (Å²) in [6.45, 7) is 2.22. The maximum absolute atomic E-state index is 14.3. The first kappa shape index (κ1) is 29.2. The quantitative estimate of drug-likeness (QED) is 0.185. The summed E-state index contributed by atoms with van der Waals surface area (Å²) in [5, 5.41) is 8.38. The van der Waals surface area contributed by atoms with Gasteiger partial charge < -0.3 is 5.11 Å². The molecule has 0 bridgehead atoms. The molecule has 0 heterocycles. The normalized spacial score (nSPS) is 17.7. The fraction of sp³-hybridized carbons (Fsp3) is 0.536. The largest absolute Gasteiger partial charge is 0.478 e. The molecule has 0 unspecified atom stereocenters. The summed E-state index contributed by atoms with van der Waals surface area (Å²) in [5.74, 6) is -4.98. The Morgan fingerprint density at radius 2 is 1.54 bits per heavy atom. The fourth-order valence-electron chi connectivity index (χ4n) is 4.61. The van der Waals surface area contributed by atoms with E-state index in [4.69, 9.17) is 5.11 Å². The van der Waals surface area contributed by atoms with Gasteiger partial charge in [0.1, 0.15) is 0 Å². The lowest BCUT2D eigenvalue weighted by Crippen LogP contribution is -2.15. The van der Waals surface area contributed by atoms with Crippen LogP contribution in [-0.4, -0.2) is 16.8 Å². The van der Waals surface area contributed by atoms with Crippen molar-refractivity contribution in [1.29, 1.82) is 0 Å². The lowest BCUT2D eigenvalue weighted by molar-refractivity contribution is 0.0697. The molecular weight excluding hydrogens is 476 g/mol. The van der Waals surface area contributed by atoms with Gasteiger partial charge >= 0.3 is 5.97 Å². The topological polar surface area (TPSA) is 37.3 Å². The van der Waals surface area contributed by atoms with Crippen LogP contribution < -0.4 is 0 Å². The van der Waals surface area contributed by atoms with Crippen molar-refractivity contribution in [3.8, 4) is 0 Å². The summed E-state index contributed by atoms with van der Waals surface area (Å²) in [7, 11) is 0. The molecule has 2 aromatic carbocycles. The molecule has 0 amide bonds. The van der Waals surface area contributed by atoms with E-state index in [0.29, 0.717) is 17.0 Å². The second-order valence-electron chi connectivity index (χ2n) is 9.10. The standard InChI is InChI=1S/C21H30F4S.C7H6O2/c1-2-3-4-5-6-7-8-15-9-11-16(12-10-15)17-13-14-18(26-21(24)25)20(23)19(17)22;8-7(9)6-4-2-1-3-5-6/h13-16,21H,2-12H2,1H3;1-5H,(H,8,9)/t15-,16-;. The van der Waals surface area contributed by atoms with Crippen LogP contribution in [0.4, 0.5) is 17.6 Å². The second kappa shape index (κ2) is 15.9. The Morgan fingerprint density at radius 1 is 0.914 bits per heavy atom. The van der Waals surface area contributed by atoms with Gasteiger partial charge in [-0.15, -0.1) is 0 Å². The lowest BCUT2D eigenvalue weighted by atomic mass is 9.77. The zero-order valence-corrected chi connectivity index (χ0v) is 21.1. The van der Waals surface area contributed by atoms with E-state index in [-0.39, 0.29) is 22.6 Å². The number of benzene rings is 2. The zero-order chi connectivity index (χ0) is 25.6. The number of aromatic carboxylic acids is 1. The molecule has 0 aliphatic heterocycles. The molecule has 2 nitrogen and oxygen atoms in total. The Hall–Kier alpha value is -2.02. The highest BCUT2D eigenvalue weighted by molar-refractivity contribution is 7.99. The number of hydrogen-bond donors (Lipinski definition) is 1. The van der Waals surface area contributed by atoms with E-state index in [1.54, 1.807) is 30.3 Å². The molecule has 7 heteroatoms. The minimum Gasteiger partial charge on any atom is -0.478 e. The average Bonchev–Trinajstić information content (AvgIpc) is 2.85. The highest BCUT2D eigenvalue weighted by Gasteiger charge is 2.26. The van der Waals surface area contributed by atoms with Crippen molar-refractivity contribution in [1.82, 2.24) is 0 Å². The van der Waals surface area contributed by atoms with Gasteiger partial charge in [0.15, 0.2) is 11.6 Å². The van der Waals surface area contributed by atoms with E-state index < -0.39 is 23.4 Å². The summed E-state index contributed by atoms with van der Waals surface area (Å²) >= 11 is 0.0626. The van der Waals surface area contributed by atoms with E-state index in [9.17, 15) is 22.4 Å². The molecule has 0 aromatic heterocycles. The molecule has 1 saturated carbocycles. The van der Waals surface area contributed by atoms with Crippen molar-refractivity contribution in [2.45, 2.75) is 94.1 Å². The highest BCUT2D eigenvalue weighted by Crippen LogP contribution is 2.40. The van der Waals surface area contributed by atoms with Crippen molar-refractivity contribution in [3.63, 3.8) is 0 Å². The molecule has 194 valence electrons. The summed E-state index contributed by atoms with van der Waals surface area (Å²) in [6, 6.07) is 11.1. The third-order valence-corrected chi connectivity index (χ3v) is 7.31. The molecule has 35 heavy (non-hydrogen) atoms. The first-order valence-electron chi connectivity index (χ1n) is 12.5. The van der Waals surface area contributed by atoms with Crippen molar-refractivity contribution >= 4 is 17.7 Å². The van der Waals surface area contributed by atoms with Crippen LogP contribution in [0.1, 0.15) is 99.4 Å². The van der Waals surface area contributed by atoms with Crippen LogP contribution in [0.2, 0.25) is 0 Å². The maximum atomic E-state index is 14.3. The number of unbranched alkanes of at least 4 members (excludes halogenated alkanes) is 5. The van der Waals surface area contributed by atoms with Crippen molar-refractivity contribution < 1.29 is 27.5 Å². The third-order valence-electron chi connectivity index (χ3n) is 6.57. The number of carboxylic acid groups (broad SMARTS) is 1. The van der Waals surface area contributed by atoms with E-state index in [1.807, 2.05) is 0 Å². The number of thioether (sulfide) groups is 1. The van der Waals surface area contributed by atoms with E-state index >= 15 is 0 Å². The van der Waals surface area contributed by atoms with E-state index in [1.165, 1.54) is 57.1 Å². The number of hydrogen-bond acceptors (Lipinski definition) is 2. The van der Waals surface area contributed by atoms with Crippen LogP contribution >= 0.6 is 11.8 Å². The molecule has 3 rings (SSSR count). The van der Waals surface area contributed by atoms with Gasteiger partial charge in [-0.3, -0.25) is 0 Å². The van der Waals surface area contributed by atoms with Gasteiger partial charge in [0.05, 0.1) is 10.5 Å². The average molecular weight is 513 g/mol. The Labute approximate surface area is 210 Å². The predicted molar refractivity (Wildman–Crippen MR) is 134 cm³/mol.